The molecule has 1 rings (SSSR count). The van der Waals surface area contributed by atoms with Crippen molar-refractivity contribution in [3.8, 4) is 0 Å². The Balaban J connectivity index is 3.49. The molecule has 0 radical (unpaired) electrons. The highest BCUT2D eigenvalue weighted by Crippen LogP contribution is 2.59. The van der Waals surface area contributed by atoms with Crippen molar-refractivity contribution in [2.45, 2.75) is 38.5 Å². The van der Waals surface area contributed by atoms with E-state index >= 15 is 0 Å². The first-order valence-electron chi connectivity index (χ1n) is 7.76. The van der Waals surface area contributed by atoms with Gasteiger partial charge in [0.1, 0.15) is 12.2 Å². The van der Waals surface area contributed by atoms with Crippen molar-refractivity contribution in [3.05, 3.63) is 21.8 Å². The van der Waals surface area contributed by atoms with Crippen molar-refractivity contribution in [3.63, 3.8) is 0 Å². The zero-order chi connectivity index (χ0) is 20.9. The fraction of sp³-hybridized carbons (Fsp3) is 0.833. The molecule has 0 aliphatic heterocycles. The van der Waals surface area contributed by atoms with E-state index in [1.54, 1.807) is 13.8 Å². The van der Waals surface area contributed by atoms with E-state index in [1.807, 2.05) is 0 Å². The molecule has 1 aliphatic carbocycles. The summed E-state index contributed by atoms with van der Waals surface area (Å²) < 4.78 is 79.6. The lowest BCUT2D eigenvalue weighted by atomic mass is 9.97. The molecule has 3 atom stereocenters. The molecule has 0 saturated carbocycles. The molecule has 0 unspecified atom stereocenters. The van der Waals surface area contributed by atoms with E-state index in [-0.39, 0.29) is 24.9 Å². The quantitative estimate of drug-likeness (QED) is 0.159. The fourth-order valence-electron chi connectivity index (χ4n) is 2.44. The molecule has 0 spiro atoms. The molecule has 0 bridgehead atoms. The van der Waals surface area contributed by atoms with Gasteiger partial charge in [0, 0.05) is 16.6 Å². The fourth-order valence-corrected chi connectivity index (χ4v) is 5.53. The molecule has 12 nitrogen and oxygen atoms in total. The average Bonchev–Trinajstić information content (AvgIpc) is 2.48. The van der Waals surface area contributed by atoms with Crippen LogP contribution in [0.3, 0.4) is 0 Å². The number of rotatable bonds is 10. The van der Waals surface area contributed by atoms with E-state index in [9.17, 15) is 21.4 Å². The Hall–Kier alpha value is -0.980. The number of azide groups is 1. The van der Waals surface area contributed by atoms with Crippen molar-refractivity contribution < 1.29 is 38.8 Å². The summed E-state index contributed by atoms with van der Waals surface area (Å²) >= 11 is 0. The number of nitrogens with zero attached hydrogens (tertiary/aromatic N) is 3. The van der Waals surface area contributed by atoms with Crippen molar-refractivity contribution in [1.82, 2.24) is 0 Å². The van der Waals surface area contributed by atoms with Crippen LogP contribution in [-0.4, -0.2) is 60.8 Å². The van der Waals surface area contributed by atoms with Gasteiger partial charge in [0.2, 0.25) is 0 Å². The van der Waals surface area contributed by atoms with Crippen LogP contribution < -0.4 is 0 Å². The Morgan fingerprint density at radius 2 is 1.67 bits per heavy atom. The summed E-state index contributed by atoms with van der Waals surface area (Å²) in [5.74, 6) is 0. The van der Waals surface area contributed by atoms with Gasteiger partial charge in [-0.15, -0.1) is 0 Å². The summed E-state index contributed by atoms with van der Waals surface area (Å²) in [4.78, 5) is 2.61. The Bertz CT molecular complexity index is 855. The topological polar surface area (TPSA) is 171 Å². The van der Waals surface area contributed by atoms with Gasteiger partial charge in [-0.05, 0) is 19.4 Å². The van der Waals surface area contributed by atoms with Crippen LogP contribution in [0.4, 0.5) is 0 Å². The van der Waals surface area contributed by atoms with Gasteiger partial charge in [-0.25, -0.2) is 0 Å². The second-order valence-electron chi connectivity index (χ2n) is 5.49. The summed E-state index contributed by atoms with van der Waals surface area (Å²) in [7, 11) is -11.9. The third-order valence-corrected chi connectivity index (χ3v) is 6.60. The monoisotopic (exact) mass is 447 g/mol. The van der Waals surface area contributed by atoms with E-state index in [4.69, 9.17) is 22.9 Å². The minimum Gasteiger partial charge on any atom is -0.306 e. The lowest BCUT2D eigenvalue weighted by Crippen LogP contribution is -2.44. The van der Waals surface area contributed by atoms with E-state index in [0.29, 0.717) is 0 Å². The van der Waals surface area contributed by atoms with E-state index in [0.717, 1.165) is 12.5 Å². The van der Waals surface area contributed by atoms with E-state index in [1.165, 1.54) is 6.08 Å². The zero-order valence-corrected chi connectivity index (χ0v) is 17.7. The first-order valence-corrected chi connectivity index (χ1v) is 12.9. The van der Waals surface area contributed by atoms with Gasteiger partial charge < -0.3 is 9.05 Å². The maximum absolute atomic E-state index is 13.0. The van der Waals surface area contributed by atoms with Gasteiger partial charge in [-0.1, -0.05) is 11.2 Å². The molecule has 0 N–H and O–H groups in total. The molecule has 0 aromatic heterocycles. The molecule has 0 aromatic rings. The first kappa shape index (κ1) is 24.1. The maximum atomic E-state index is 13.0. The predicted octanol–water partition coefficient (Wildman–Crippen LogP) is 1.91. The van der Waals surface area contributed by atoms with Gasteiger partial charge in [0.25, 0.3) is 20.2 Å². The SMILES string of the molecule is CCOP(=O)(OCC)C1=C[C@H](N=[N+]=[N-])[C@@H](OS(C)(=O)=O)[C@H](OS(C)(=O)=O)C1. The molecule has 0 heterocycles. The highest BCUT2D eigenvalue weighted by atomic mass is 32.2. The van der Waals surface area contributed by atoms with Gasteiger partial charge >= 0.3 is 7.60 Å². The summed E-state index contributed by atoms with van der Waals surface area (Å²) in [6.07, 6.45) is -0.533. The smallest absolute Gasteiger partial charge is 0.306 e. The van der Waals surface area contributed by atoms with Crippen LogP contribution in [0, 0.1) is 0 Å². The van der Waals surface area contributed by atoms with Crippen LogP contribution in [0.25, 0.3) is 10.4 Å². The van der Waals surface area contributed by atoms with Crippen LogP contribution in [0.15, 0.2) is 16.5 Å². The molecule has 1 aliphatic rings. The zero-order valence-electron chi connectivity index (χ0n) is 15.2. The molecular formula is C12H22N3O9PS2. The second kappa shape index (κ2) is 9.48. The van der Waals surface area contributed by atoms with Crippen LogP contribution in [-0.2, 0) is 42.2 Å². The second-order valence-corrected chi connectivity index (χ2v) is 10.8. The van der Waals surface area contributed by atoms with E-state index in [2.05, 4.69) is 10.0 Å². The highest BCUT2D eigenvalue weighted by molar-refractivity contribution is 7.86. The lowest BCUT2D eigenvalue weighted by Gasteiger charge is -2.34. The minimum absolute atomic E-state index is 0.00519. The Morgan fingerprint density at radius 1 is 1.15 bits per heavy atom. The van der Waals surface area contributed by atoms with E-state index < -0.39 is 46.1 Å². The Kier molecular flexibility index (Phi) is 8.45. The van der Waals surface area contributed by atoms with Crippen LogP contribution in [0.5, 0.6) is 0 Å². The molecular weight excluding hydrogens is 425 g/mol. The van der Waals surface area contributed by atoms with Crippen LogP contribution >= 0.6 is 7.60 Å². The van der Waals surface area contributed by atoms with Crippen molar-refractivity contribution in [2.75, 3.05) is 25.7 Å². The molecule has 15 heteroatoms. The summed E-state index contributed by atoms with van der Waals surface area (Å²) in [5.41, 5.74) is 8.78. The number of hydrogen-bond donors (Lipinski definition) is 0. The lowest BCUT2D eigenvalue weighted by molar-refractivity contribution is 0.0504. The Morgan fingerprint density at radius 3 is 2.07 bits per heavy atom. The summed E-state index contributed by atoms with van der Waals surface area (Å²) in [6, 6.07) is -1.32. The maximum Gasteiger partial charge on any atom is 0.357 e. The number of hydrogen-bond acceptors (Lipinski definition) is 10. The summed E-state index contributed by atoms with van der Waals surface area (Å²) in [5, 5.41) is 3.43. The Labute approximate surface area is 158 Å². The minimum atomic E-state index is -4.06. The molecule has 0 saturated heterocycles. The van der Waals surface area contributed by atoms with Crippen molar-refractivity contribution in [2.24, 2.45) is 5.11 Å². The molecule has 0 amide bonds. The van der Waals surface area contributed by atoms with Crippen molar-refractivity contribution >= 4 is 27.8 Å². The van der Waals surface area contributed by atoms with Gasteiger partial charge in [0.15, 0.2) is 0 Å². The molecule has 27 heavy (non-hydrogen) atoms. The van der Waals surface area contributed by atoms with Crippen molar-refractivity contribution in [1.29, 1.82) is 0 Å². The standard InChI is InChI=1S/C12H22N3O9PS2/c1-5-21-25(16,22-6-2)9-7-10(14-15-13)12(24-27(4,19)20)11(8-9)23-26(3,17)18/h7,10-12H,5-6,8H2,1-4H3/t10-,11+,12+/m0/s1. The highest BCUT2D eigenvalue weighted by Gasteiger charge is 2.44. The van der Waals surface area contributed by atoms with Gasteiger partial charge in [-0.2, -0.15) is 16.8 Å². The normalized spacial score (nSPS) is 24.1. The largest absolute Gasteiger partial charge is 0.357 e. The predicted molar refractivity (Wildman–Crippen MR) is 95.9 cm³/mol. The molecule has 156 valence electrons. The van der Waals surface area contributed by atoms with Crippen LogP contribution in [0.1, 0.15) is 20.3 Å². The molecule has 0 aromatic carbocycles. The van der Waals surface area contributed by atoms with Gasteiger partial charge in [0.05, 0.1) is 31.8 Å². The first-order chi connectivity index (χ1) is 12.3. The third-order valence-electron chi connectivity index (χ3n) is 3.20. The van der Waals surface area contributed by atoms with Gasteiger partial charge in [-0.3, -0.25) is 12.9 Å². The summed E-state index contributed by atoms with van der Waals surface area (Å²) in [6.45, 7) is 3.23. The third kappa shape index (κ3) is 7.51. The average molecular weight is 447 g/mol. The molecule has 0 fully saturated rings. The van der Waals surface area contributed by atoms with Crippen LogP contribution in [0.2, 0.25) is 0 Å².